The number of hydrogen-bond acceptors (Lipinski definition) is 5. The maximum absolute atomic E-state index is 13.3. The van der Waals surface area contributed by atoms with Crippen molar-refractivity contribution in [3.8, 4) is 0 Å². The molecule has 0 spiro atoms. The Hall–Kier alpha value is -3.13. The summed E-state index contributed by atoms with van der Waals surface area (Å²) >= 11 is 6.00. The fraction of sp³-hybridized carbons (Fsp3) is 0.440. The minimum absolute atomic E-state index is 0.125. The lowest BCUT2D eigenvalue weighted by Crippen LogP contribution is -2.43. The van der Waals surface area contributed by atoms with Crippen LogP contribution in [0.5, 0.6) is 0 Å². The number of esters is 1. The van der Waals surface area contributed by atoms with E-state index in [0.29, 0.717) is 49.5 Å². The predicted molar refractivity (Wildman–Crippen MR) is 130 cm³/mol. The number of halogens is 1. The first kappa shape index (κ1) is 24.0. The van der Waals surface area contributed by atoms with Crippen LogP contribution in [0.3, 0.4) is 0 Å². The molecule has 3 heterocycles. The van der Waals surface area contributed by atoms with Crippen molar-refractivity contribution >= 4 is 34.2 Å². The molecule has 4 rings (SSSR count). The highest BCUT2D eigenvalue weighted by Gasteiger charge is 2.28. The van der Waals surface area contributed by atoms with E-state index >= 15 is 0 Å². The summed E-state index contributed by atoms with van der Waals surface area (Å²) in [5.41, 5.74) is 2.59. The van der Waals surface area contributed by atoms with E-state index in [1.807, 2.05) is 38.1 Å². The van der Waals surface area contributed by atoms with E-state index in [2.05, 4.69) is 9.67 Å². The lowest BCUT2D eigenvalue weighted by atomic mass is 9.97. The Morgan fingerprint density at radius 1 is 1.12 bits per heavy atom. The fourth-order valence-corrected chi connectivity index (χ4v) is 4.75. The van der Waals surface area contributed by atoms with Crippen LogP contribution in [0.15, 0.2) is 35.3 Å². The van der Waals surface area contributed by atoms with Crippen LogP contribution in [-0.4, -0.2) is 50.8 Å². The number of ether oxygens (including phenoxy) is 1. The monoisotopic (exact) mass is 484 g/mol. The number of carbonyl (C=O) groups is 2. The van der Waals surface area contributed by atoms with Crippen molar-refractivity contribution in [2.24, 2.45) is 5.92 Å². The van der Waals surface area contributed by atoms with Crippen molar-refractivity contribution in [1.29, 1.82) is 0 Å². The van der Waals surface area contributed by atoms with Crippen LogP contribution in [-0.2, 0) is 27.4 Å². The number of piperidine rings is 1. The molecule has 0 unspecified atom stereocenters. The lowest BCUT2D eigenvalue weighted by molar-refractivity contribution is -0.151. The summed E-state index contributed by atoms with van der Waals surface area (Å²) in [4.78, 5) is 39.8. The van der Waals surface area contributed by atoms with Crippen LogP contribution in [0.1, 0.15) is 36.7 Å². The Bertz CT molecular complexity index is 1270. The second-order valence-corrected chi connectivity index (χ2v) is 9.12. The van der Waals surface area contributed by atoms with E-state index in [1.54, 1.807) is 18.0 Å². The van der Waals surface area contributed by atoms with Gasteiger partial charge in [-0.1, -0.05) is 23.7 Å². The molecule has 0 saturated carbocycles. The van der Waals surface area contributed by atoms with Gasteiger partial charge in [-0.15, -0.1) is 0 Å². The summed E-state index contributed by atoms with van der Waals surface area (Å²) in [6.45, 7) is 7.44. The van der Waals surface area contributed by atoms with Gasteiger partial charge in [0.1, 0.15) is 6.54 Å². The zero-order chi connectivity index (χ0) is 24.4. The Labute approximate surface area is 203 Å². The molecule has 3 aromatic rings. The van der Waals surface area contributed by atoms with Crippen LogP contribution in [0.25, 0.3) is 10.8 Å². The third-order valence-electron chi connectivity index (χ3n) is 6.61. The summed E-state index contributed by atoms with van der Waals surface area (Å²) < 4.78 is 8.41. The topological polar surface area (TPSA) is 86.4 Å². The zero-order valence-electron chi connectivity index (χ0n) is 19.7. The molecule has 1 saturated heterocycles. The van der Waals surface area contributed by atoms with Gasteiger partial charge in [-0.05, 0) is 51.3 Å². The number of aromatic nitrogens is 3. The van der Waals surface area contributed by atoms with Gasteiger partial charge in [0, 0.05) is 41.4 Å². The minimum Gasteiger partial charge on any atom is -0.466 e. The first-order chi connectivity index (χ1) is 16.3. The number of hydrogen-bond donors (Lipinski definition) is 0. The number of likely N-dealkylation sites (tertiary alicyclic amines) is 1. The third-order valence-corrected chi connectivity index (χ3v) is 6.86. The Morgan fingerprint density at radius 2 is 1.79 bits per heavy atom. The molecule has 1 amide bonds. The van der Waals surface area contributed by atoms with Gasteiger partial charge < -0.3 is 14.2 Å². The van der Waals surface area contributed by atoms with E-state index in [4.69, 9.17) is 16.3 Å². The van der Waals surface area contributed by atoms with Gasteiger partial charge in [0.15, 0.2) is 0 Å². The van der Waals surface area contributed by atoms with Gasteiger partial charge in [0.2, 0.25) is 5.91 Å². The molecule has 34 heavy (non-hydrogen) atoms. The molecular formula is C25H29ClN4O4. The van der Waals surface area contributed by atoms with Crippen molar-refractivity contribution in [1.82, 2.24) is 19.2 Å². The average molecular weight is 485 g/mol. The molecule has 0 N–H and O–H groups in total. The maximum atomic E-state index is 13.3. The van der Waals surface area contributed by atoms with Gasteiger partial charge in [-0.2, -0.15) is 5.10 Å². The second kappa shape index (κ2) is 10.0. The average Bonchev–Trinajstić information content (AvgIpc) is 3.07. The molecule has 1 aliphatic rings. The van der Waals surface area contributed by atoms with E-state index in [-0.39, 0.29) is 29.9 Å². The van der Waals surface area contributed by atoms with Crippen molar-refractivity contribution in [3.05, 3.63) is 62.8 Å². The highest BCUT2D eigenvalue weighted by molar-refractivity contribution is 6.30. The summed E-state index contributed by atoms with van der Waals surface area (Å²) in [6, 6.07) is 7.62. The Morgan fingerprint density at radius 3 is 2.44 bits per heavy atom. The second-order valence-electron chi connectivity index (χ2n) is 8.69. The van der Waals surface area contributed by atoms with Gasteiger partial charge in [0.05, 0.1) is 24.1 Å². The van der Waals surface area contributed by atoms with Crippen LogP contribution in [0.4, 0.5) is 0 Å². The molecule has 9 heteroatoms. The van der Waals surface area contributed by atoms with Gasteiger partial charge in [0.25, 0.3) is 5.56 Å². The SMILES string of the molecule is CCOC(=O)C1CCN(C(=O)Cn2ncc3c(C)n(Cc4ccc(Cl)cc4)c(C)c3c2=O)CC1. The third kappa shape index (κ3) is 4.73. The van der Waals surface area contributed by atoms with Crippen molar-refractivity contribution < 1.29 is 14.3 Å². The predicted octanol–water partition coefficient (Wildman–Crippen LogP) is 3.32. The molecule has 0 radical (unpaired) electrons. The van der Waals surface area contributed by atoms with Gasteiger partial charge in [-0.25, -0.2) is 4.68 Å². The minimum atomic E-state index is -0.275. The molecule has 0 atom stereocenters. The number of rotatable bonds is 6. The molecule has 0 bridgehead atoms. The number of carbonyl (C=O) groups excluding carboxylic acids is 2. The lowest BCUT2D eigenvalue weighted by Gasteiger charge is -2.30. The Balaban J connectivity index is 1.52. The number of aryl methyl sites for hydroxylation is 2. The van der Waals surface area contributed by atoms with E-state index in [9.17, 15) is 14.4 Å². The van der Waals surface area contributed by atoms with Crippen LogP contribution >= 0.6 is 11.6 Å². The van der Waals surface area contributed by atoms with Crippen molar-refractivity contribution in [2.45, 2.75) is 46.7 Å². The highest BCUT2D eigenvalue weighted by Crippen LogP contribution is 2.24. The summed E-state index contributed by atoms with van der Waals surface area (Å²) in [6.07, 6.45) is 2.80. The molecular weight excluding hydrogens is 456 g/mol. The first-order valence-electron chi connectivity index (χ1n) is 11.5. The molecule has 180 valence electrons. The molecule has 2 aromatic heterocycles. The zero-order valence-corrected chi connectivity index (χ0v) is 20.5. The van der Waals surface area contributed by atoms with Gasteiger partial charge >= 0.3 is 5.97 Å². The van der Waals surface area contributed by atoms with Crippen LogP contribution in [0, 0.1) is 19.8 Å². The number of fused-ring (bicyclic) bond motifs is 1. The number of nitrogens with zero attached hydrogens (tertiary/aromatic N) is 4. The van der Waals surface area contributed by atoms with E-state index in [1.165, 1.54) is 4.68 Å². The van der Waals surface area contributed by atoms with Gasteiger partial charge in [-0.3, -0.25) is 14.4 Å². The van der Waals surface area contributed by atoms with Crippen molar-refractivity contribution in [3.63, 3.8) is 0 Å². The largest absolute Gasteiger partial charge is 0.466 e. The summed E-state index contributed by atoms with van der Waals surface area (Å²) in [7, 11) is 0. The quantitative estimate of drug-likeness (QED) is 0.501. The number of amides is 1. The fourth-order valence-electron chi connectivity index (χ4n) is 4.62. The molecule has 1 aliphatic heterocycles. The summed E-state index contributed by atoms with van der Waals surface area (Å²) in [5.74, 6) is -0.551. The molecule has 1 aromatic carbocycles. The number of benzene rings is 1. The summed E-state index contributed by atoms with van der Waals surface area (Å²) in [5, 5.41) is 6.34. The standard InChI is InChI=1S/C25H29ClN4O4/c1-4-34-25(33)19-9-11-28(12-10-19)22(31)15-30-24(32)23-17(3)29(16(2)21(23)13-27-30)14-18-5-7-20(26)8-6-18/h5-8,13,19H,4,9-12,14-15H2,1-3H3. The van der Waals surface area contributed by atoms with Crippen molar-refractivity contribution in [2.75, 3.05) is 19.7 Å². The first-order valence-corrected chi connectivity index (χ1v) is 11.9. The van der Waals surface area contributed by atoms with Crippen LogP contribution in [0.2, 0.25) is 5.02 Å². The highest BCUT2D eigenvalue weighted by atomic mass is 35.5. The normalized spacial score (nSPS) is 14.5. The maximum Gasteiger partial charge on any atom is 0.309 e. The molecule has 0 aliphatic carbocycles. The Kier molecular flexibility index (Phi) is 7.07. The van der Waals surface area contributed by atoms with E-state index < -0.39 is 0 Å². The molecule has 8 nitrogen and oxygen atoms in total. The van der Waals surface area contributed by atoms with E-state index in [0.717, 1.165) is 22.3 Å². The smallest absolute Gasteiger partial charge is 0.309 e. The van der Waals surface area contributed by atoms with Crippen LogP contribution < -0.4 is 5.56 Å². The molecule has 1 fully saturated rings.